The van der Waals surface area contributed by atoms with E-state index >= 15 is 0 Å². The molecule has 2 aromatic heterocycles. The molecule has 3 heterocycles. The molecule has 0 bridgehead atoms. The quantitative estimate of drug-likeness (QED) is 0.891. The molecule has 0 amide bonds. The molecule has 3 N–H and O–H groups in total. The third kappa shape index (κ3) is 4.54. The number of halogens is 1. The van der Waals surface area contributed by atoms with Crippen molar-refractivity contribution in [2.24, 2.45) is 0 Å². The molecule has 0 spiro atoms. The van der Waals surface area contributed by atoms with Crippen LogP contribution in [0.15, 0.2) is 11.6 Å². The SMILES string of the molecule is Cc1csc(NC2CCN(Cc3cnc(N)s3)CC2)n1.Cl. The van der Waals surface area contributed by atoms with Crippen molar-refractivity contribution in [1.82, 2.24) is 14.9 Å². The highest BCUT2D eigenvalue weighted by molar-refractivity contribution is 7.15. The van der Waals surface area contributed by atoms with E-state index in [-0.39, 0.29) is 12.4 Å². The van der Waals surface area contributed by atoms with Gasteiger partial charge in [-0.25, -0.2) is 9.97 Å². The van der Waals surface area contributed by atoms with Crippen LogP contribution in [0.1, 0.15) is 23.4 Å². The van der Waals surface area contributed by atoms with Gasteiger partial charge in [-0.2, -0.15) is 0 Å². The zero-order valence-electron chi connectivity index (χ0n) is 11.9. The lowest BCUT2D eigenvalue weighted by Crippen LogP contribution is -2.38. The van der Waals surface area contributed by atoms with E-state index in [4.69, 9.17) is 5.73 Å². The van der Waals surface area contributed by atoms with Crippen LogP contribution in [0.2, 0.25) is 0 Å². The minimum Gasteiger partial charge on any atom is -0.375 e. The van der Waals surface area contributed by atoms with E-state index in [1.165, 1.54) is 4.88 Å². The average Bonchev–Trinajstić information content (AvgIpc) is 3.01. The highest BCUT2D eigenvalue weighted by Crippen LogP contribution is 2.22. The molecule has 0 atom stereocenters. The number of rotatable bonds is 4. The molecule has 0 saturated carbocycles. The Kier molecular flexibility index (Phi) is 5.80. The van der Waals surface area contributed by atoms with Crippen molar-refractivity contribution < 1.29 is 0 Å². The van der Waals surface area contributed by atoms with Crippen LogP contribution in [0.4, 0.5) is 10.3 Å². The van der Waals surface area contributed by atoms with Gasteiger partial charge in [-0.1, -0.05) is 0 Å². The number of aromatic nitrogens is 2. The lowest BCUT2D eigenvalue weighted by atomic mass is 10.1. The number of nitrogens with two attached hydrogens (primary N) is 1. The van der Waals surface area contributed by atoms with Gasteiger partial charge in [0.15, 0.2) is 10.3 Å². The zero-order valence-corrected chi connectivity index (χ0v) is 14.4. The summed E-state index contributed by atoms with van der Waals surface area (Å²) in [7, 11) is 0. The van der Waals surface area contributed by atoms with Crippen molar-refractivity contribution in [2.75, 3.05) is 24.1 Å². The molecule has 1 aliphatic rings. The van der Waals surface area contributed by atoms with E-state index in [1.807, 2.05) is 13.1 Å². The Bertz CT molecular complexity index is 512. The second-order valence-corrected chi connectivity index (χ2v) is 7.16. The molecule has 2 aromatic rings. The van der Waals surface area contributed by atoms with Crippen molar-refractivity contribution in [3.8, 4) is 0 Å². The topological polar surface area (TPSA) is 67.1 Å². The van der Waals surface area contributed by atoms with Gasteiger partial charge in [-0.05, 0) is 19.8 Å². The van der Waals surface area contributed by atoms with Gasteiger partial charge in [0, 0.05) is 42.1 Å². The van der Waals surface area contributed by atoms with Crippen LogP contribution >= 0.6 is 35.1 Å². The van der Waals surface area contributed by atoms with Crippen LogP contribution in [0.3, 0.4) is 0 Å². The number of likely N-dealkylation sites (tertiary alicyclic amines) is 1. The largest absolute Gasteiger partial charge is 0.375 e. The first-order valence-corrected chi connectivity index (χ1v) is 8.50. The van der Waals surface area contributed by atoms with E-state index in [0.29, 0.717) is 11.2 Å². The summed E-state index contributed by atoms with van der Waals surface area (Å²) in [6, 6.07) is 0.545. The first kappa shape index (κ1) is 16.5. The fourth-order valence-electron chi connectivity index (χ4n) is 2.45. The van der Waals surface area contributed by atoms with Crippen LogP contribution in [0.5, 0.6) is 0 Å². The number of hydrogen-bond acceptors (Lipinski definition) is 7. The fraction of sp³-hybridized carbons (Fsp3) is 0.538. The second-order valence-electron chi connectivity index (χ2n) is 5.15. The normalized spacial score (nSPS) is 16.6. The Labute approximate surface area is 139 Å². The number of nitrogens with zero attached hydrogens (tertiary/aromatic N) is 3. The van der Waals surface area contributed by atoms with Gasteiger partial charge in [-0.3, -0.25) is 4.90 Å². The molecule has 1 fully saturated rings. The highest BCUT2D eigenvalue weighted by atomic mass is 35.5. The number of aryl methyl sites for hydroxylation is 1. The number of hydrogen-bond donors (Lipinski definition) is 2. The van der Waals surface area contributed by atoms with Gasteiger partial charge in [-0.15, -0.1) is 35.1 Å². The minimum absolute atomic E-state index is 0. The Morgan fingerprint density at radius 1 is 1.43 bits per heavy atom. The van der Waals surface area contributed by atoms with Crippen molar-refractivity contribution in [3.05, 3.63) is 22.1 Å². The summed E-state index contributed by atoms with van der Waals surface area (Å²) < 4.78 is 0. The molecule has 1 aliphatic heterocycles. The molecule has 0 unspecified atom stereocenters. The lowest BCUT2D eigenvalue weighted by molar-refractivity contribution is 0.213. The molecule has 0 radical (unpaired) electrons. The Hall–Kier alpha value is -0.890. The molecule has 5 nitrogen and oxygen atoms in total. The van der Waals surface area contributed by atoms with Gasteiger partial charge in [0.2, 0.25) is 0 Å². The highest BCUT2D eigenvalue weighted by Gasteiger charge is 2.20. The summed E-state index contributed by atoms with van der Waals surface area (Å²) in [6.45, 7) is 5.22. The molecular weight excluding hydrogens is 326 g/mol. The third-order valence-corrected chi connectivity index (χ3v) is 5.19. The van der Waals surface area contributed by atoms with Crippen molar-refractivity contribution in [2.45, 2.75) is 32.4 Å². The summed E-state index contributed by atoms with van der Waals surface area (Å²) >= 11 is 3.28. The van der Waals surface area contributed by atoms with Gasteiger partial charge < -0.3 is 11.1 Å². The second kappa shape index (κ2) is 7.40. The Morgan fingerprint density at radius 2 is 2.19 bits per heavy atom. The van der Waals surface area contributed by atoms with E-state index in [0.717, 1.165) is 43.3 Å². The molecule has 0 aliphatic carbocycles. The van der Waals surface area contributed by atoms with Gasteiger partial charge in [0.1, 0.15) is 0 Å². The van der Waals surface area contributed by atoms with Gasteiger partial charge in [0.05, 0.1) is 5.69 Å². The molecule has 21 heavy (non-hydrogen) atoms. The maximum absolute atomic E-state index is 5.67. The number of nitrogen functional groups attached to an aromatic ring is 1. The van der Waals surface area contributed by atoms with Crippen molar-refractivity contribution in [1.29, 1.82) is 0 Å². The van der Waals surface area contributed by atoms with Gasteiger partial charge >= 0.3 is 0 Å². The maximum Gasteiger partial charge on any atom is 0.183 e. The molecule has 8 heteroatoms. The fourth-order valence-corrected chi connectivity index (χ4v) is 3.94. The first-order chi connectivity index (χ1) is 9.69. The van der Waals surface area contributed by atoms with E-state index in [9.17, 15) is 0 Å². The number of nitrogens with one attached hydrogen (secondary N) is 1. The van der Waals surface area contributed by atoms with Crippen molar-refractivity contribution >= 4 is 45.3 Å². The molecule has 1 saturated heterocycles. The van der Waals surface area contributed by atoms with Crippen LogP contribution in [-0.4, -0.2) is 34.0 Å². The van der Waals surface area contributed by atoms with E-state index < -0.39 is 0 Å². The number of anilines is 2. The summed E-state index contributed by atoms with van der Waals surface area (Å²) in [5, 5.41) is 7.34. The molecular formula is C13H20ClN5S2. The maximum atomic E-state index is 5.67. The Balaban J connectivity index is 0.00000161. The first-order valence-electron chi connectivity index (χ1n) is 6.80. The number of thiazole rings is 2. The van der Waals surface area contributed by atoms with E-state index in [2.05, 4.69) is 25.6 Å². The predicted octanol–water partition coefficient (Wildman–Crippen LogP) is 2.99. The van der Waals surface area contributed by atoms with Crippen LogP contribution in [-0.2, 0) is 6.54 Å². The summed E-state index contributed by atoms with van der Waals surface area (Å²) in [4.78, 5) is 12.3. The minimum atomic E-state index is 0. The predicted molar refractivity (Wildman–Crippen MR) is 92.5 cm³/mol. The van der Waals surface area contributed by atoms with E-state index in [1.54, 1.807) is 22.7 Å². The monoisotopic (exact) mass is 345 g/mol. The van der Waals surface area contributed by atoms with Gasteiger partial charge in [0.25, 0.3) is 0 Å². The summed E-state index contributed by atoms with van der Waals surface area (Å²) in [5.74, 6) is 0. The molecule has 0 aromatic carbocycles. The molecule has 3 rings (SSSR count). The number of piperidine rings is 1. The Morgan fingerprint density at radius 3 is 2.76 bits per heavy atom. The summed E-state index contributed by atoms with van der Waals surface area (Å²) in [6.07, 6.45) is 4.21. The van der Waals surface area contributed by atoms with Crippen LogP contribution < -0.4 is 11.1 Å². The average molecular weight is 346 g/mol. The third-order valence-electron chi connectivity index (χ3n) is 3.49. The lowest BCUT2D eigenvalue weighted by Gasteiger charge is -2.31. The molecule has 116 valence electrons. The van der Waals surface area contributed by atoms with Crippen LogP contribution in [0.25, 0.3) is 0 Å². The smallest absolute Gasteiger partial charge is 0.183 e. The standard InChI is InChI=1S/C13H19N5S2.ClH/c1-9-8-19-13(16-9)17-10-2-4-18(5-3-10)7-11-6-15-12(14)20-11;/h6,8,10H,2-5,7H2,1H3,(H2,14,15)(H,16,17);1H. The van der Waals surface area contributed by atoms with Crippen LogP contribution in [0, 0.1) is 6.92 Å². The zero-order chi connectivity index (χ0) is 13.9. The summed E-state index contributed by atoms with van der Waals surface area (Å²) in [5.41, 5.74) is 6.76. The van der Waals surface area contributed by atoms with Crippen molar-refractivity contribution in [3.63, 3.8) is 0 Å².